The Morgan fingerprint density at radius 1 is 1.29 bits per heavy atom. The minimum absolute atomic E-state index is 0.265. The zero-order chi connectivity index (χ0) is 10.2. The molecule has 2 rings (SSSR count). The fourth-order valence-corrected chi connectivity index (χ4v) is 1.59. The Morgan fingerprint density at radius 2 is 1.93 bits per heavy atom. The van der Waals surface area contributed by atoms with E-state index >= 15 is 0 Å². The van der Waals surface area contributed by atoms with Gasteiger partial charge in [0.15, 0.2) is 0 Å². The third-order valence-electron chi connectivity index (χ3n) is 2.88. The molecule has 3 N–H and O–H groups in total. The van der Waals surface area contributed by atoms with Gasteiger partial charge in [-0.05, 0) is 32.1 Å². The first-order valence-corrected chi connectivity index (χ1v) is 4.94. The Balaban J connectivity index is 1.87. The molecule has 2 fully saturated rings. The number of carboxylic acids is 1. The van der Waals surface area contributed by atoms with E-state index in [2.05, 4.69) is 10.6 Å². The Morgan fingerprint density at radius 3 is 2.29 bits per heavy atom. The predicted molar refractivity (Wildman–Crippen MR) is 48.9 cm³/mol. The summed E-state index contributed by atoms with van der Waals surface area (Å²) in [6, 6.07) is -0.0736. The van der Waals surface area contributed by atoms with Gasteiger partial charge < -0.3 is 15.7 Å². The molecular weight excluding hydrogens is 184 g/mol. The molecule has 0 bridgehead atoms. The first-order chi connectivity index (χ1) is 6.62. The van der Waals surface area contributed by atoms with Crippen LogP contribution in [0.5, 0.6) is 0 Å². The van der Waals surface area contributed by atoms with Gasteiger partial charge in [0.25, 0.3) is 0 Å². The average Bonchev–Trinajstić information content (AvgIpc) is 2.79. The second-order valence-electron chi connectivity index (χ2n) is 4.11. The number of hydrogen-bond acceptors (Lipinski definition) is 2. The molecule has 2 aliphatic rings. The highest BCUT2D eigenvalue weighted by Gasteiger charge is 2.46. The smallest absolute Gasteiger partial charge is 0.329 e. The molecule has 5 heteroatoms. The predicted octanol–water partition coefficient (Wildman–Crippen LogP) is 0.455. The molecule has 78 valence electrons. The molecule has 0 aromatic rings. The number of rotatable bonds is 3. The van der Waals surface area contributed by atoms with Crippen LogP contribution in [0.15, 0.2) is 0 Å². The topological polar surface area (TPSA) is 78.4 Å². The third-order valence-corrected chi connectivity index (χ3v) is 2.88. The molecule has 0 unspecified atom stereocenters. The molecule has 0 aromatic heterocycles. The fraction of sp³-hybridized carbons (Fsp3) is 0.778. The Kier molecular flexibility index (Phi) is 2.09. The Bertz CT molecular complexity index is 269. The average molecular weight is 198 g/mol. The second-order valence-corrected chi connectivity index (χ2v) is 4.11. The van der Waals surface area contributed by atoms with E-state index in [4.69, 9.17) is 5.11 Å². The molecule has 0 aromatic carbocycles. The van der Waals surface area contributed by atoms with Crippen LogP contribution in [0.2, 0.25) is 0 Å². The van der Waals surface area contributed by atoms with E-state index < -0.39 is 11.5 Å². The van der Waals surface area contributed by atoms with Crippen LogP contribution >= 0.6 is 0 Å². The van der Waals surface area contributed by atoms with Crippen LogP contribution in [0.25, 0.3) is 0 Å². The maximum absolute atomic E-state index is 11.3. The molecule has 0 radical (unpaired) electrons. The van der Waals surface area contributed by atoms with E-state index in [9.17, 15) is 9.59 Å². The van der Waals surface area contributed by atoms with Crippen LogP contribution in [0.3, 0.4) is 0 Å². The van der Waals surface area contributed by atoms with Gasteiger partial charge in [-0.1, -0.05) is 0 Å². The van der Waals surface area contributed by atoms with Gasteiger partial charge in [-0.15, -0.1) is 0 Å². The highest BCUT2D eigenvalue weighted by molar-refractivity contribution is 5.87. The largest absolute Gasteiger partial charge is 0.480 e. The maximum atomic E-state index is 11.3. The van der Waals surface area contributed by atoms with Gasteiger partial charge in [0.2, 0.25) is 0 Å². The summed E-state index contributed by atoms with van der Waals surface area (Å²) in [5, 5.41) is 14.2. The Labute approximate surface area is 81.9 Å². The molecular formula is C9H14N2O3. The summed E-state index contributed by atoms with van der Waals surface area (Å²) in [5.41, 5.74) is -0.987. The van der Waals surface area contributed by atoms with Crippen LogP contribution in [-0.2, 0) is 4.79 Å². The van der Waals surface area contributed by atoms with Gasteiger partial charge in [0, 0.05) is 6.04 Å². The van der Waals surface area contributed by atoms with Crippen molar-refractivity contribution >= 4 is 12.0 Å². The molecule has 14 heavy (non-hydrogen) atoms. The number of nitrogens with one attached hydrogen (secondary N) is 2. The van der Waals surface area contributed by atoms with Gasteiger partial charge in [-0.3, -0.25) is 0 Å². The lowest BCUT2D eigenvalue weighted by Crippen LogP contribution is -2.61. The minimum Gasteiger partial charge on any atom is -0.480 e. The minimum atomic E-state index is -0.987. The summed E-state index contributed by atoms with van der Waals surface area (Å²) in [4.78, 5) is 22.2. The van der Waals surface area contributed by atoms with Crippen molar-refractivity contribution in [3.63, 3.8) is 0 Å². The lowest BCUT2D eigenvalue weighted by atomic mass is 9.77. The van der Waals surface area contributed by atoms with Gasteiger partial charge >= 0.3 is 12.0 Å². The van der Waals surface area contributed by atoms with E-state index in [0.717, 1.165) is 19.3 Å². The molecule has 2 saturated carbocycles. The van der Waals surface area contributed by atoms with Crippen molar-refractivity contribution in [1.82, 2.24) is 10.6 Å². The first kappa shape index (κ1) is 9.30. The zero-order valence-corrected chi connectivity index (χ0v) is 7.88. The number of urea groups is 1. The normalized spacial score (nSPS) is 23.4. The molecule has 0 aliphatic heterocycles. The standard InChI is InChI=1S/C9H14N2O3/c12-7(13)9(4-1-5-9)11-8(14)10-6-2-3-6/h6H,1-5H2,(H,12,13)(H2,10,11,14). The molecule has 0 heterocycles. The van der Waals surface area contributed by atoms with E-state index in [1.54, 1.807) is 0 Å². The van der Waals surface area contributed by atoms with Crippen molar-refractivity contribution in [3.8, 4) is 0 Å². The Hall–Kier alpha value is -1.26. The number of carboxylic acid groups (broad SMARTS) is 1. The van der Waals surface area contributed by atoms with Crippen LogP contribution in [0.1, 0.15) is 32.1 Å². The van der Waals surface area contributed by atoms with Gasteiger partial charge in [-0.2, -0.15) is 0 Å². The van der Waals surface area contributed by atoms with Crippen molar-refractivity contribution in [2.75, 3.05) is 0 Å². The molecule has 5 nitrogen and oxygen atoms in total. The van der Waals surface area contributed by atoms with E-state index in [0.29, 0.717) is 12.8 Å². The van der Waals surface area contributed by atoms with Crippen molar-refractivity contribution in [2.45, 2.75) is 43.7 Å². The molecule has 0 spiro atoms. The van der Waals surface area contributed by atoms with E-state index in [1.807, 2.05) is 0 Å². The number of amides is 2. The number of hydrogen-bond donors (Lipinski definition) is 3. The van der Waals surface area contributed by atoms with E-state index in [1.165, 1.54) is 0 Å². The van der Waals surface area contributed by atoms with Crippen LogP contribution < -0.4 is 10.6 Å². The number of aliphatic carboxylic acids is 1. The van der Waals surface area contributed by atoms with Crippen molar-refractivity contribution in [3.05, 3.63) is 0 Å². The van der Waals surface area contributed by atoms with Crippen molar-refractivity contribution in [1.29, 1.82) is 0 Å². The summed E-state index contributed by atoms with van der Waals surface area (Å²) in [6.45, 7) is 0. The lowest BCUT2D eigenvalue weighted by Gasteiger charge is -2.38. The first-order valence-electron chi connectivity index (χ1n) is 4.94. The van der Waals surface area contributed by atoms with Crippen molar-refractivity contribution < 1.29 is 14.7 Å². The monoisotopic (exact) mass is 198 g/mol. The van der Waals surface area contributed by atoms with Crippen LogP contribution in [-0.4, -0.2) is 28.7 Å². The van der Waals surface area contributed by atoms with Crippen LogP contribution in [0, 0.1) is 0 Å². The van der Waals surface area contributed by atoms with Crippen molar-refractivity contribution in [2.24, 2.45) is 0 Å². The summed E-state index contributed by atoms with van der Waals surface area (Å²) < 4.78 is 0. The maximum Gasteiger partial charge on any atom is 0.329 e. The third kappa shape index (κ3) is 1.66. The highest BCUT2D eigenvalue weighted by Crippen LogP contribution is 2.32. The second kappa shape index (κ2) is 3.15. The fourth-order valence-electron chi connectivity index (χ4n) is 1.59. The molecule has 0 saturated heterocycles. The SMILES string of the molecule is O=C(NC1CC1)NC1(C(=O)O)CCC1. The van der Waals surface area contributed by atoms with Gasteiger partial charge in [-0.25, -0.2) is 9.59 Å². The molecule has 0 atom stereocenters. The number of carbonyl (C=O) groups is 2. The van der Waals surface area contributed by atoms with Gasteiger partial charge in [0.05, 0.1) is 0 Å². The summed E-state index contributed by atoms with van der Waals surface area (Å²) >= 11 is 0. The highest BCUT2D eigenvalue weighted by atomic mass is 16.4. The summed E-state index contributed by atoms with van der Waals surface area (Å²) in [7, 11) is 0. The van der Waals surface area contributed by atoms with Gasteiger partial charge in [0.1, 0.15) is 5.54 Å². The quantitative estimate of drug-likeness (QED) is 0.616. The lowest BCUT2D eigenvalue weighted by molar-refractivity contribution is -0.148. The number of carbonyl (C=O) groups excluding carboxylic acids is 1. The van der Waals surface area contributed by atoms with Crippen LogP contribution in [0.4, 0.5) is 4.79 Å². The van der Waals surface area contributed by atoms with E-state index in [-0.39, 0.29) is 12.1 Å². The molecule has 2 aliphatic carbocycles. The summed E-state index contributed by atoms with van der Waals surface area (Å²) in [5.74, 6) is -0.922. The molecule has 2 amide bonds. The zero-order valence-electron chi connectivity index (χ0n) is 7.88. The summed E-state index contributed by atoms with van der Waals surface area (Å²) in [6.07, 6.45) is 3.97.